The van der Waals surface area contributed by atoms with Crippen LogP contribution in [0.1, 0.15) is 25.8 Å². The molecule has 0 spiro atoms. The molecule has 152 valence electrons. The van der Waals surface area contributed by atoms with Gasteiger partial charge in [-0.05, 0) is 30.8 Å². The van der Waals surface area contributed by atoms with Gasteiger partial charge in [-0.15, -0.1) is 0 Å². The molecule has 0 atom stereocenters. The fourth-order valence-corrected chi connectivity index (χ4v) is 3.40. The van der Waals surface area contributed by atoms with Crippen LogP contribution >= 0.6 is 11.6 Å². The summed E-state index contributed by atoms with van der Waals surface area (Å²) in [5.41, 5.74) is 1.46. The largest absolute Gasteiger partial charge is 0.489 e. The molecule has 1 amide bonds. The minimum atomic E-state index is -0.131. The third-order valence-electron chi connectivity index (χ3n) is 4.68. The van der Waals surface area contributed by atoms with Gasteiger partial charge in [0.1, 0.15) is 0 Å². The summed E-state index contributed by atoms with van der Waals surface area (Å²) in [6.07, 6.45) is 4.52. The molecule has 1 aliphatic heterocycles. The number of hydrogen-bond donors (Lipinski definition) is 1. The summed E-state index contributed by atoms with van der Waals surface area (Å²) in [6.45, 7) is 9.18. The quantitative estimate of drug-likeness (QED) is 0.729. The summed E-state index contributed by atoms with van der Waals surface area (Å²) >= 11 is 6.30. The van der Waals surface area contributed by atoms with Crippen molar-refractivity contribution >= 4 is 23.2 Å². The highest BCUT2D eigenvalue weighted by atomic mass is 35.5. The molecule has 2 aromatic rings. The van der Waals surface area contributed by atoms with Crippen LogP contribution in [0.4, 0.5) is 5.69 Å². The number of aromatic nitrogens is 2. The predicted octanol–water partition coefficient (Wildman–Crippen LogP) is 3.22. The number of amides is 1. The maximum absolute atomic E-state index is 12.4. The van der Waals surface area contributed by atoms with Gasteiger partial charge >= 0.3 is 0 Å². The molecule has 0 saturated carbocycles. The number of fused-ring (bicyclic) bond motifs is 1. The number of carbonyl (C=O) groups excluding carboxylic acids is 1. The van der Waals surface area contributed by atoms with E-state index in [-0.39, 0.29) is 12.3 Å². The Morgan fingerprint density at radius 1 is 1.29 bits per heavy atom. The topological polar surface area (TPSA) is 68.6 Å². The van der Waals surface area contributed by atoms with Gasteiger partial charge in [-0.3, -0.25) is 9.48 Å². The number of carbonyl (C=O) groups is 1. The molecule has 0 saturated heterocycles. The minimum absolute atomic E-state index is 0.131. The van der Waals surface area contributed by atoms with Gasteiger partial charge in [-0.25, -0.2) is 0 Å². The van der Waals surface area contributed by atoms with Crippen LogP contribution in [0.15, 0.2) is 24.5 Å². The van der Waals surface area contributed by atoms with Gasteiger partial charge in [-0.2, -0.15) is 5.10 Å². The third-order valence-corrected chi connectivity index (χ3v) is 4.96. The maximum Gasteiger partial charge on any atom is 0.228 e. The molecule has 0 bridgehead atoms. The summed E-state index contributed by atoms with van der Waals surface area (Å²) in [6, 6.07) is 3.57. The average Bonchev–Trinajstić information content (AvgIpc) is 2.96. The molecule has 2 heterocycles. The van der Waals surface area contributed by atoms with Crippen LogP contribution in [0.3, 0.4) is 0 Å². The van der Waals surface area contributed by atoms with Crippen LogP contribution in [0.2, 0.25) is 5.02 Å². The second-order valence-corrected chi connectivity index (χ2v) is 7.11. The average molecular weight is 407 g/mol. The lowest BCUT2D eigenvalue weighted by Gasteiger charge is -2.17. The highest BCUT2D eigenvalue weighted by molar-refractivity contribution is 6.32. The van der Waals surface area contributed by atoms with Crippen molar-refractivity contribution < 1.29 is 14.3 Å². The van der Waals surface area contributed by atoms with Crippen molar-refractivity contribution in [2.24, 2.45) is 0 Å². The van der Waals surface area contributed by atoms with Gasteiger partial charge in [0.05, 0.1) is 43.1 Å². The van der Waals surface area contributed by atoms with E-state index in [1.807, 2.05) is 16.9 Å². The first kappa shape index (κ1) is 20.5. The Hall–Kier alpha value is -2.25. The Balaban J connectivity index is 1.57. The van der Waals surface area contributed by atoms with Crippen molar-refractivity contribution in [2.75, 3.05) is 38.2 Å². The second-order valence-electron chi connectivity index (χ2n) is 6.70. The SMILES string of the molecule is CCN(CC)CCn1cc(NC(=O)Cc2cc(Cl)c3c(c2)OCCCO3)cn1. The first-order chi connectivity index (χ1) is 13.6. The van der Waals surface area contributed by atoms with Crippen LogP contribution < -0.4 is 14.8 Å². The Morgan fingerprint density at radius 2 is 2.07 bits per heavy atom. The third kappa shape index (κ3) is 5.39. The number of nitrogens with one attached hydrogen (secondary N) is 1. The van der Waals surface area contributed by atoms with Crippen molar-refractivity contribution in [3.05, 3.63) is 35.1 Å². The van der Waals surface area contributed by atoms with Crippen molar-refractivity contribution in [2.45, 2.75) is 33.2 Å². The van der Waals surface area contributed by atoms with Gasteiger partial charge in [0.2, 0.25) is 5.91 Å². The first-order valence-electron chi connectivity index (χ1n) is 9.71. The second kappa shape index (κ2) is 9.80. The molecular formula is C20H27ClN4O3. The molecule has 0 fully saturated rings. The van der Waals surface area contributed by atoms with E-state index in [1.54, 1.807) is 12.3 Å². The number of hydrogen-bond acceptors (Lipinski definition) is 5. The zero-order chi connectivity index (χ0) is 19.9. The van der Waals surface area contributed by atoms with Gasteiger partial charge < -0.3 is 19.7 Å². The molecule has 28 heavy (non-hydrogen) atoms. The standard InChI is InChI=1S/C20H27ClN4O3/c1-3-24(4-2)6-7-25-14-16(13-22-25)23-19(26)12-15-10-17(21)20-18(11-15)27-8-5-9-28-20/h10-11,13-14H,3-9,12H2,1-2H3,(H,23,26). The fourth-order valence-electron chi connectivity index (χ4n) is 3.11. The Morgan fingerprint density at radius 3 is 2.86 bits per heavy atom. The van der Waals surface area contributed by atoms with Gasteiger partial charge in [-0.1, -0.05) is 25.4 Å². The van der Waals surface area contributed by atoms with E-state index in [4.69, 9.17) is 21.1 Å². The van der Waals surface area contributed by atoms with Crippen molar-refractivity contribution in [3.63, 3.8) is 0 Å². The summed E-state index contributed by atoms with van der Waals surface area (Å²) in [5.74, 6) is 1.02. The maximum atomic E-state index is 12.4. The molecule has 1 aromatic carbocycles. The normalized spacial score (nSPS) is 13.4. The lowest BCUT2D eigenvalue weighted by atomic mass is 10.1. The Bertz CT molecular complexity index is 805. The van der Waals surface area contributed by atoms with E-state index < -0.39 is 0 Å². The molecule has 1 aromatic heterocycles. The van der Waals surface area contributed by atoms with E-state index in [2.05, 4.69) is 29.2 Å². The van der Waals surface area contributed by atoms with Gasteiger partial charge in [0, 0.05) is 19.2 Å². The molecule has 0 unspecified atom stereocenters. The van der Waals surface area contributed by atoms with Gasteiger partial charge in [0.15, 0.2) is 11.5 Å². The lowest BCUT2D eigenvalue weighted by molar-refractivity contribution is -0.115. The number of benzene rings is 1. The smallest absolute Gasteiger partial charge is 0.228 e. The first-order valence-corrected chi connectivity index (χ1v) is 10.1. The number of rotatable bonds is 8. The number of nitrogens with zero attached hydrogens (tertiary/aromatic N) is 3. The predicted molar refractivity (Wildman–Crippen MR) is 109 cm³/mol. The number of ether oxygens (including phenoxy) is 2. The van der Waals surface area contributed by atoms with Crippen LogP contribution in [-0.4, -0.2) is 53.4 Å². The Labute approximate surface area is 170 Å². The molecule has 3 rings (SSSR count). The summed E-state index contributed by atoms with van der Waals surface area (Å²) in [7, 11) is 0. The number of anilines is 1. The van der Waals surface area contributed by atoms with E-state index in [9.17, 15) is 4.79 Å². The highest BCUT2D eigenvalue weighted by Crippen LogP contribution is 2.38. The van der Waals surface area contributed by atoms with E-state index in [0.29, 0.717) is 35.4 Å². The zero-order valence-corrected chi connectivity index (χ0v) is 17.2. The summed E-state index contributed by atoms with van der Waals surface area (Å²) < 4.78 is 13.1. The van der Waals surface area contributed by atoms with Crippen LogP contribution in [0.25, 0.3) is 0 Å². The van der Waals surface area contributed by atoms with Crippen molar-refractivity contribution in [1.82, 2.24) is 14.7 Å². The molecule has 8 heteroatoms. The summed E-state index contributed by atoms with van der Waals surface area (Å²) in [4.78, 5) is 14.8. The van der Waals surface area contributed by atoms with Crippen LogP contribution in [0, 0.1) is 0 Å². The molecule has 7 nitrogen and oxygen atoms in total. The van der Waals surface area contributed by atoms with E-state index >= 15 is 0 Å². The van der Waals surface area contributed by atoms with Crippen molar-refractivity contribution in [1.29, 1.82) is 0 Å². The molecule has 0 aliphatic carbocycles. The highest BCUT2D eigenvalue weighted by Gasteiger charge is 2.17. The number of halogens is 1. The molecular weight excluding hydrogens is 380 g/mol. The summed E-state index contributed by atoms with van der Waals surface area (Å²) in [5, 5.41) is 7.67. The van der Waals surface area contributed by atoms with Gasteiger partial charge in [0.25, 0.3) is 0 Å². The zero-order valence-electron chi connectivity index (χ0n) is 16.4. The van der Waals surface area contributed by atoms with Crippen LogP contribution in [-0.2, 0) is 17.8 Å². The van der Waals surface area contributed by atoms with E-state index in [1.165, 1.54) is 0 Å². The van der Waals surface area contributed by atoms with E-state index in [0.717, 1.165) is 38.2 Å². The lowest BCUT2D eigenvalue weighted by Crippen LogP contribution is -2.27. The minimum Gasteiger partial charge on any atom is -0.489 e. The Kier molecular flexibility index (Phi) is 7.17. The van der Waals surface area contributed by atoms with Crippen molar-refractivity contribution in [3.8, 4) is 11.5 Å². The number of likely N-dealkylation sites (N-methyl/N-ethyl adjacent to an activating group) is 1. The molecule has 1 N–H and O–H groups in total. The van der Waals surface area contributed by atoms with Crippen LogP contribution in [0.5, 0.6) is 11.5 Å². The monoisotopic (exact) mass is 406 g/mol. The fraction of sp³-hybridized carbons (Fsp3) is 0.500. The molecule has 0 radical (unpaired) electrons. The molecule has 1 aliphatic rings.